The van der Waals surface area contributed by atoms with Crippen LogP contribution >= 0.6 is 0 Å². The number of carboxylic acid groups (broad SMARTS) is 2. The number of carbonyl (C=O) groups is 4. The maximum atomic E-state index is 13.3. The summed E-state index contributed by atoms with van der Waals surface area (Å²) < 4.78 is 17.6. The van der Waals surface area contributed by atoms with Crippen molar-refractivity contribution in [2.45, 2.75) is 284 Å². The van der Waals surface area contributed by atoms with Crippen LogP contribution in [0.15, 0.2) is 72.9 Å². The molecule has 444 valence electrons. The molecule has 0 heterocycles. The number of aliphatic carboxylic acids is 2. The lowest BCUT2D eigenvalue weighted by molar-refractivity contribution is -0.149. The molecule has 0 spiro atoms. The molecule has 0 radical (unpaired) electrons. The first-order valence-corrected chi connectivity index (χ1v) is 31.7. The van der Waals surface area contributed by atoms with E-state index in [1.165, 1.54) is 38.5 Å². The van der Waals surface area contributed by atoms with Crippen LogP contribution in [-0.4, -0.2) is 78.6 Å². The average molecular weight is 1080 g/mol. The number of allylic oxidation sites excluding steroid dienone is 12. The minimum absolute atomic E-state index is 0.155. The van der Waals surface area contributed by atoms with Gasteiger partial charge in [-0.1, -0.05) is 203 Å². The summed E-state index contributed by atoms with van der Waals surface area (Å²) in [4.78, 5) is 50.0. The number of rotatable bonds is 58. The number of nitrogens with zero attached hydrogens (tertiary/aromatic N) is 1. The predicted molar refractivity (Wildman–Crippen MR) is 324 cm³/mol. The van der Waals surface area contributed by atoms with Gasteiger partial charge in [0.05, 0.1) is 6.61 Å². The Hall–Kier alpha value is -3.92. The standard InChI is InChI=1S/C67H117NO9/c1-4-7-8-9-10-11-12-13-18-25-30-35-40-45-50-56-65(73)76-61-67(62-77-66(74)75-60-53-59-68(5-2)6-3,57-51-46-41-36-31-26-21-16-14-19-23-28-33-38-43-48-54-63(69)70)58-52-47-42-37-32-27-22-17-15-20-24-29-34-39-44-49-55-64(71)72/h10-11,13-15,18-22,26-27H,4-9,12,16-17,23-25,28-62H2,1-3H3,(H,69,70)(H,71,72). The molecular formula is C67H117NO9. The van der Waals surface area contributed by atoms with Crippen LogP contribution in [0.3, 0.4) is 0 Å². The van der Waals surface area contributed by atoms with Crippen molar-refractivity contribution in [2.24, 2.45) is 5.41 Å². The third-order valence-corrected chi connectivity index (χ3v) is 14.5. The fourth-order valence-corrected chi connectivity index (χ4v) is 9.46. The number of carboxylic acids is 2. The van der Waals surface area contributed by atoms with Gasteiger partial charge in [0.15, 0.2) is 0 Å². The predicted octanol–water partition coefficient (Wildman–Crippen LogP) is 19.5. The summed E-state index contributed by atoms with van der Waals surface area (Å²) in [7, 11) is 0. The highest BCUT2D eigenvalue weighted by Gasteiger charge is 2.33. The molecule has 0 fully saturated rings. The number of esters is 1. The summed E-state index contributed by atoms with van der Waals surface area (Å²) in [6.07, 6.45) is 67.6. The SMILES string of the molecule is CCCCCC=CCC=CCCCCCCCC(=O)OCC(CCCCCCC=CCC=CCCCCCCCC(=O)O)(CCCCCCC=CCC=CCCCCCCCC(=O)O)COC(=O)OCCCN(CC)CC. The smallest absolute Gasteiger partial charge is 0.481 e. The Balaban J connectivity index is 5.32. The van der Waals surface area contributed by atoms with Crippen LogP contribution in [0.4, 0.5) is 4.79 Å². The lowest BCUT2D eigenvalue weighted by Crippen LogP contribution is -2.35. The molecule has 10 nitrogen and oxygen atoms in total. The van der Waals surface area contributed by atoms with Crippen molar-refractivity contribution in [3.8, 4) is 0 Å². The van der Waals surface area contributed by atoms with Gasteiger partial charge in [-0.2, -0.15) is 0 Å². The van der Waals surface area contributed by atoms with Gasteiger partial charge in [-0.3, -0.25) is 14.4 Å². The van der Waals surface area contributed by atoms with Crippen LogP contribution in [-0.2, 0) is 28.6 Å². The molecule has 0 saturated carbocycles. The van der Waals surface area contributed by atoms with Gasteiger partial charge in [-0.05, 0) is 148 Å². The van der Waals surface area contributed by atoms with E-state index in [4.69, 9.17) is 24.4 Å². The topological polar surface area (TPSA) is 140 Å². The van der Waals surface area contributed by atoms with Crippen LogP contribution in [0.5, 0.6) is 0 Å². The Morgan fingerprint density at radius 3 is 1.09 bits per heavy atom. The summed E-state index contributed by atoms with van der Waals surface area (Å²) in [6.45, 7) is 10.1. The van der Waals surface area contributed by atoms with Crippen molar-refractivity contribution in [3.63, 3.8) is 0 Å². The maximum absolute atomic E-state index is 13.3. The van der Waals surface area contributed by atoms with Crippen molar-refractivity contribution in [2.75, 3.05) is 39.5 Å². The quantitative estimate of drug-likeness (QED) is 0.0344. The molecule has 0 amide bonds. The van der Waals surface area contributed by atoms with Crippen LogP contribution < -0.4 is 0 Å². The second-order valence-electron chi connectivity index (χ2n) is 21.6. The van der Waals surface area contributed by atoms with Crippen LogP contribution in [0.25, 0.3) is 0 Å². The molecule has 0 aromatic carbocycles. The van der Waals surface area contributed by atoms with Crippen molar-refractivity contribution in [3.05, 3.63) is 72.9 Å². The molecule has 0 saturated heterocycles. The number of hydrogen-bond acceptors (Lipinski definition) is 8. The average Bonchev–Trinajstić information content (AvgIpc) is 3.42. The molecule has 0 aromatic heterocycles. The van der Waals surface area contributed by atoms with E-state index < -0.39 is 23.5 Å². The minimum Gasteiger partial charge on any atom is -0.481 e. The van der Waals surface area contributed by atoms with E-state index in [1.807, 2.05) is 0 Å². The third-order valence-electron chi connectivity index (χ3n) is 14.5. The fourth-order valence-electron chi connectivity index (χ4n) is 9.46. The molecule has 0 atom stereocenters. The highest BCUT2D eigenvalue weighted by atomic mass is 16.7. The second-order valence-corrected chi connectivity index (χ2v) is 21.6. The van der Waals surface area contributed by atoms with Crippen LogP contribution in [0.1, 0.15) is 284 Å². The summed E-state index contributed by atoms with van der Waals surface area (Å²) in [6, 6.07) is 0. The molecule has 0 rings (SSSR count). The van der Waals surface area contributed by atoms with Gasteiger partial charge in [-0.25, -0.2) is 4.79 Å². The first kappa shape index (κ1) is 73.1. The van der Waals surface area contributed by atoms with E-state index >= 15 is 0 Å². The maximum Gasteiger partial charge on any atom is 0.508 e. The van der Waals surface area contributed by atoms with Gasteiger partial charge in [0.1, 0.15) is 13.2 Å². The molecule has 2 N–H and O–H groups in total. The van der Waals surface area contributed by atoms with Crippen molar-refractivity contribution in [1.29, 1.82) is 0 Å². The normalized spacial score (nSPS) is 12.9. The van der Waals surface area contributed by atoms with E-state index in [9.17, 15) is 19.2 Å². The number of ether oxygens (including phenoxy) is 3. The minimum atomic E-state index is -0.700. The van der Waals surface area contributed by atoms with Crippen molar-refractivity contribution < 1.29 is 43.6 Å². The second kappa shape index (κ2) is 58.2. The molecule has 0 aliphatic rings. The highest BCUT2D eigenvalue weighted by molar-refractivity contribution is 5.69. The largest absolute Gasteiger partial charge is 0.508 e. The van der Waals surface area contributed by atoms with E-state index in [1.54, 1.807) is 0 Å². The first-order valence-electron chi connectivity index (χ1n) is 31.7. The van der Waals surface area contributed by atoms with Gasteiger partial charge in [0, 0.05) is 31.2 Å². The number of unbranched alkanes of at least 4 members (excludes halogenated alkanes) is 26. The Bertz CT molecular complexity index is 1480. The van der Waals surface area contributed by atoms with Crippen molar-refractivity contribution in [1.82, 2.24) is 4.90 Å². The van der Waals surface area contributed by atoms with Crippen LogP contribution in [0.2, 0.25) is 0 Å². The summed E-state index contributed by atoms with van der Waals surface area (Å²) in [5, 5.41) is 17.6. The van der Waals surface area contributed by atoms with Crippen molar-refractivity contribution >= 4 is 24.1 Å². The molecule has 0 aliphatic carbocycles. The molecule has 0 aromatic rings. The molecular weight excluding hydrogens is 963 g/mol. The Morgan fingerprint density at radius 1 is 0.377 bits per heavy atom. The Kier molecular flexibility index (Phi) is 55.3. The lowest BCUT2D eigenvalue weighted by atomic mass is 9.79. The molecule has 10 heteroatoms. The Labute approximate surface area is 472 Å². The zero-order chi connectivity index (χ0) is 56.2. The first-order chi connectivity index (χ1) is 37.7. The van der Waals surface area contributed by atoms with Crippen LogP contribution in [0, 0.1) is 5.41 Å². The van der Waals surface area contributed by atoms with E-state index in [0.29, 0.717) is 13.0 Å². The number of carbonyl (C=O) groups excluding carboxylic acids is 2. The fraction of sp³-hybridized carbons (Fsp3) is 0.761. The van der Waals surface area contributed by atoms with Gasteiger partial charge in [0.25, 0.3) is 0 Å². The monoisotopic (exact) mass is 1080 g/mol. The lowest BCUT2D eigenvalue weighted by Gasteiger charge is -2.33. The number of hydrogen-bond donors (Lipinski definition) is 2. The Morgan fingerprint density at radius 2 is 0.714 bits per heavy atom. The zero-order valence-electron chi connectivity index (χ0n) is 49.9. The van der Waals surface area contributed by atoms with Gasteiger partial charge in [-0.15, -0.1) is 0 Å². The third kappa shape index (κ3) is 55.2. The summed E-state index contributed by atoms with van der Waals surface area (Å²) in [5.74, 6) is -1.56. The highest BCUT2D eigenvalue weighted by Crippen LogP contribution is 2.34. The van der Waals surface area contributed by atoms with Gasteiger partial charge in [0.2, 0.25) is 0 Å². The molecule has 0 bridgehead atoms. The molecule has 0 unspecified atom stereocenters. The molecule has 0 aliphatic heterocycles. The van der Waals surface area contributed by atoms with E-state index in [0.717, 1.165) is 225 Å². The van der Waals surface area contributed by atoms with E-state index in [2.05, 4.69) is 98.6 Å². The van der Waals surface area contributed by atoms with Gasteiger partial charge >= 0.3 is 24.1 Å². The molecule has 77 heavy (non-hydrogen) atoms. The van der Waals surface area contributed by atoms with Gasteiger partial charge < -0.3 is 29.3 Å². The summed E-state index contributed by atoms with van der Waals surface area (Å²) in [5.41, 5.74) is -0.465. The summed E-state index contributed by atoms with van der Waals surface area (Å²) >= 11 is 0. The van der Waals surface area contributed by atoms with E-state index in [-0.39, 0.29) is 32.0 Å². The zero-order valence-corrected chi connectivity index (χ0v) is 49.9.